The van der Waals surface area contributed by atoms with E-state index in [1.807, 2.05) is 30.5 Å². The quantitative estimate of drug-likeness (QED) is 0.648. The molecule has 2 aromatic rings. The lowest BCUT2D eigenvalue weighted by molar-refractivity contribution is 0.632. The smallest absolute Gasteiger partial charge is 0.175 e. The third-order valence-electron chi connectivity index (χ3n) is 2.45. The number of hydrogen-bond donors (Lipinski definition) is 2. The summed E-state index contributed by atoms with van der Waals surface area (Å²) in [4.78, 5) is 1.14. The van der Waals surface area contributed by atoms with Gasteiger partial charge in [-0.05, 0) is 48.8 Å². The molecular weight excluding hydrogens is 279 g/mol. The van der Waals surface area contributed by atoms with Gasteiger partial charge in [-0.3, -0.25) is 0 Å². The Morgan fingerprint density at radius 3 is 2.63 bits per heavy atom. The molecule has 0 fully saturated rings. The van der Waals surface area contributed by atoms with Crippen molar-refractivity contribution >= 4 is 40.5 Å². The van der Waals surface area contributed by atoms with Crippen LogP contribution < -0.4 is 10.6 Å². The van der Waals surface area contributed by atoms with E-state index in [2.05, 4.69) is 10.6 Å². The molecule has 19 heavy (non-hydrogen) atoms. The topological polar surface area (TPSA) is 24.1 Å². The Morgan fingerprint density at radius 1 is 1.11 bits per heavy atom. The first-order chi connectivity index (χ1) is 9.19. The predicted octanol–water partition coefficient (Wildman–Crippen LogP) is 4.36. The summed E-state index contributed by atoms with van der Waals surface area (Å²) in [5.41, 5.74) is 1.24. The Hall–Kier alpha value is -1.59. The number of nitrogens with one attached hydrogen (secondary N) is 2. The summed E-state index contributed by atoms with van der Waals surface area (Å²) in [5, 5.41) is 6.23. The van der Waals surface area contributed by atoms with Crippen LogP contribution in [0.1, 0.15) is 0 Å². The van der Waals surface area contributed by atoms with Crippen molar-refractivity contribution in [2.75, 3.05) is 16.9 Å². The fraction of sp³-hybridized carbons (Fsp3) is 0.0714. The molecule has 0 unspecified atom stereocenters. The van der Waals surface area contributed by atoms with E-state index in [0.717, 1.165) is 10.6 Å². The fourth-order valence-corrected chi connectivity index (χ4v) is 2.24. The van der Waals surface area contributed by atoms with E-state index >= 15 is 0 Å². The molecule has 0 aliphatic carbocycles. The van der Waals surface area contributed by atoms with Crippen molar-refractivity contribution < 1.29 is 4.39 Å². The van der Waals surface area contributed by atoms with Gasteiger partial charge in [-0.25, -0.2) is 4.39 Å². The second kappa shape index (κ2) is 6.54. The maximum absolute atomic E-state index is 13.5. The van der Waals surface area contributed by atoms with Gasteiger partial charge >= 0.3 is 0 Å². The molecule has 0 heterocycles. The number of thioether (sulfide) groups is 1. The molecule has 2 aromatic carbocycles. The second-order valence-corrected chi connectivity index (χ2v) is 5.08. The molecule has 2 N–H and O–H groups in total. The Bertz CT molecular complexity index is 587. The summed E-state index contributed by atoms with van der Waals surface area (Å²) in [7, 11) is 0. The third-order valence-corrected chi connectivity index (χ3v) is 3.38. The minimum absolute atomic E-state index is 0.329. The molecule has 98 valence electrons. The van der Waals surface area contributed by atoms with E-state index in [0.29, 0.717) is 10.8 Å². The highest BCUT2D eigenvalue weighted by atomic mass is 32.2. The zero-order chi connectivity index (χ0) is 13.7. The van der Waals surface area contributed by atoms with Gasteiger partial charge in [-0.15, -0.1) is 11.8 Å². The highest BCUT2D eigenvalue weighted by Crippen LogP contribution is 2.19. The van der Waals surface area contributed by atoms with Crippen molar-refractivity contribution in [1.82, 2.24) is 0 Å². The number of rotatable bonds is 3. The molecule has 2 rings (SSSR count). The lowest BCUT2D eigenvalue weighted by Crippen LogP contribution is -2.19. The molecule has 0 aromatic heterocycles. The van der Waals surface area contributed by atoms with Gasteiger partial charge in [0.2, 0.25) is 0 Å². The number of anilines is 2. The van der Waals surface area contributed by atoms with Crippen LogP contribution in [0.25, 0.3) is 0 Å². The number of para-hydroxylation sites is 1. The maximum atomic E-state index is 13.5. The van der Waals surface area contributed by atoms with Gasteiger partial charge in [0.05, 0.1) is 5.69 Å². The van der Waals surface area contributed by atoms with E-state index in [1.165, 1.54) is 6.07 Å². The van der Waals surface area contributed by atoms with Crippen molar-refractivity contribution in [2.24, 2.45) is 0 Å². The van der Waals surface area contributed by atoms with Gasteiger partial charge in [-0.1, -0.05) is 18.2 Å². The number of thiocarbonyl (C=S) groups is 1. The van der Waals surface area contributed by atoms with Crippen LogP contribution in [-0.2, 0) is 0 Å². The Kier molecular flexibility index (Phi) is 4.76. The zero-order valence-electron chi connectivity index (χ0n) is 10.3. The largest absolute Gasteiger partial charge is 0.332 e. The molecule has 0 aliphatic rings. The van der Waals surface area contributed by atoms with Gasteiger partial charge in [0.1, 0.15) is 5.82 Å². The number of halogens is 1. The van der Waals surface area contributed by atoms with E-state index < -0.39 is 0 Å². The van der Waals surface area contributed by atoms with Crippen molar-refractivity contribution in [3.8, 4) is 0 Å². The average molecular weight is 292 g/mol. The summed E-state index contributed by atoms with van der Waals surface area (Å²) in [5.74, 6) is -0.329. The van der Waals surface area contributed by atoms with Gasteiger partial charge in [0.15, 0.2) is 5.11 Å². The lowest BCUT2D eigenvalue weighted by Gasteiger charge is -2.11. The van der Waals surface area contributed by atoms with Gasteiger partial charge in [0, 0.05) is 10.6 Å². The van der Waals surface area contributed by atoms with Crippen LogP contribution in [0.2, 0.25) is 0 Å². The van der Waals surface area contributed by atoms with E-state index in [-0.39, 0.29) is 5.82 Å². The Morgan fingerprint density at radius 2 is 1.89 bits per heavy atom. The minimum Gasteiger partial charge on any atom is -0.332 e. The first-order valence-electron chi connectivity index (χ1n) is 5.65. The first kappa shape index (κ1) is 13.8. The molecule has 0 spiro atoms. The molecule has 0 aliphatic heterocycles. The predicted molar refractivity (Wildman–Crippen MR) is 84.5 cm³/mol. The van der Waals surface area contributed by atoms with Crippen molar-refractivity contribution in [3.05, 3.63) is 54.3 Å². The van der Waals surface area contributed by atoms with Crippen molar-refractivity contribution in [2.45, 2.75) is 4.90 Å². The van der Waals surface area contributed by atoms with Crippen LogP contribution in [0.15, 0.2) is 53.4 Å². The average Bonchev–Trinajstić information content (AvgIpc) is 2.41. The molecule has 0 radical (unpaired) electrons. The molecule has 0 atom stereocenters. The van der Waals surface area contributed by atoms with Gasteiger partial charge in [0.25, 0.3) is 0 Å². The standard InChI is InChI=1S/C14H13FN2S2/c1-19-11-6-4-5-10(9-11)16-14(18)17-13-8-3-2-7-12(13)15/h2-9H,1H3,(H2,16,17,18). The van der Waals surface area contributed by atoms with E-state index in [9.17, 15) is 4.39 Å². The maximum Gasteiger partial charge on any atom is 0.175 e. The Balaban J connectivity index is 2.03. The van der Waals surface area contributed by atoms with Crippen LogP contribution in [-0.4, -0.2) is 11.4 Å². The molecular formula is C14H13FN2S2. The SMILES string of the molecule is CSc1cccc(NC(=S)Nc2ccccc2F)c1. The summed E-state index contributed by atoms with van der Waals surface area (Å²) < 4.78 is 13.5. The normalized spacial score (nSPS) is 10.0. The fourth-order valence-electron chi connectivity index (χ4n) is 1.55. The molecule has 5 heteroatoms. The highest BCUT2D eigenvalue weighted by molar-refractivity contribution is 7.98. The van der Waals surface area contributed by atoms with Crippen LogP contribution in [0.3, 0.4) is 0 Å². The van der Waals surface area contributed by atoms with E-state index in [1.54, 1.807) is 30.0 Å². The minimum atomic E-state index is -0.329. The second-order valence-electron chi connectivity index (χ2n) is 3.79. The van der Waals surface area contributed by atoms with Gasteiger partial charge in [-0.2, -0.15) is 0 Å². The first-order valence-corrected chi connectivity index (χ1v) is 7.29. The van der Waals surface area contributed by atoms with Crippen LogP contribution in [0.4, 0.5) is 15.8 Å². The summed E-state index contributed by atoms with van der Waals surface area (Å²) in [6, 6.07) is 14.3. The molecule has 2 nitrogen and oxygen atoms in total. The summed E-state index contributed by atoms with van der Waals surface area (Å²) in [6.45, 7) is 0. The van der Waals surface area contributed by atoms with Crippen molar-refractivity contribution in [1.29, 1.82) is 0 Å². The highest BCUT2D eigenvalue weighted by Gasteiger charge is 2.03. The number of hydrogen-bond acceptors (Lipinski definition) is 2. The van der Waals surface area contributed by atoms with Crippen LogP contribution in [0, 0.1) is 5.82 Å². The molecule has 0 bridgehead atoms. The van der Waals surface area contributed by atoms with Crippen molar-refractivity contribution in [3.63, 3.8) is 0 Å². The van der Waals surface area contributed by atoms with E-state index in [4.69, 9.17) is 12.2 Å². The molecule has 0 amide bonds. The lowest BCUT2D eigenvalue weighted by atomic mass is 10.3. The van der Waals surface area contributed by atoms with Crippen LogP contribution >= 0.6 is 24.0 Å². The zero-order valence-corrected chi connectivity index (χ0v) is 11.9. The van der Waals surface area contributed by atoms with Gasteiger partial charge < -0.3 is 10.6 Å². The molecule has 0 saturated heterocycles. The monoisotopic (exact) mass is 292 g/mol. The third kappa shape index (κ3) is 3.94. The summed E-state index contributed by atoms with van der Waals surface area (Å²) >= 11 is 6.81. The van der Waals surface area contributed by atoms with Crippen LogP contribution in [0.5, 0.6) is 0 Å². The molecule has 0 saturated carbocycles. The summed E-state index contributed by atoms with van der Waals surface area (Å²) in [6.07, 6.45) is 2.01. The number of benzene rings is 2. The Labute approximate surface area is 121 Å².